The third-order valence-electron chi connectivity index (χ3n) is 3.58. The van der Waals surface area contributed by atoms with Crippen molar-refractivity contribution >= 4 is 11.3 Å². The van der Waals surface area contributed by atoms with Gasteiger partial charge in [0, 0.05) is 29.2 Å². The van der Waals surface area contributed by atoms with E-state index in [0.29, 0.717) is 6.54 Å². The molecule has 2 heterocycles. The van der Waals surface area contributed by atoms with E-state index in [1.165, 1.54) is 4.88 Å². The van der Waals surface area contributed by atoms with Crippen LogP contribution in [0.1, 0.15) is 29.7 Å². The molecule has 1 aromatic carbocycles. The van der Waals surface area contributed by atoms with Crippen LogP contribution in [0.5, 0.6) is 5.75 Å². The Labute approximate surface area is 145 Å². The summed E-state index contributed by atoms with van der Waals surface area (Å²) in [4.78, 5) is 5.68. The third kappa shape index (κ3) is 4.21. The zero-order valence-corrected chi connectivity index (χ0v) is 14.7. The number of nitrogens with zero attached hydrogens (tertiary/aromatic N) is 2. The average molecular weight is 343 g/mol. The first-order valence-electron chi connectivity index (χ1n) is 8.02. The third-order valence-corrected chi connectivity index (χ3v) is 4.63. The molecule has 0 unspecified atom stereocenters. The maximum Gasteiger partial charge on any atom is 0.150 e. The first-order valence-corrected chi connectivity index (χ1v) is 8.84. The molecule has 0 aliphatic carbocycles. The maximum atomic E-state index is 5.32. The molecule has 126 valence electrons. The summed E-state index contributed by atoms with van der Waals surface area (Å²) in [5, 5.41) is 8.42. The van der Waals surface area contributed by atoms with Crippen molar-refractivity contribution in [1.82, 2.24) is 15.5 Å². The Morgan fingerprint density at radius 2 is 2.17 bits per heavy atom. The molecule has 0 amide bonds. The number of hydrogen-bond acceptors (Lipinski definition) is 6. The van der Waals surface area contributed by atoms with E-state index in [1.807, 2.05) is 36.5 Å². The van der Waals surface area contributed by atoms with Crippen molar-refractivity contribution in [2.45, 2.75) is 32.9 Å². The lowest BCUT2D eigenvalue weighted by atomic mass is 10.2. The number of hydrogen-bond donors (Lipinski definition) is 1. The summed E-state index contributed by atoms with van der Waals surface area (Å²) < 4.78 is 10.6. The number of aromatic nitrogens is 2. The van der Waals surface area contributed by atoms with Gasteiger partial charge in [0.15, 0.2) is 5.76 Å². The Balaban J connectivity index is 1.55. The summed E-state index contributed by atoms with van der Waals surface area (Å²) in [6, 6.07) is 9.97. The Morgan fingerprint density at radius 3 is 3.00 bits per heavy atom. The number of methoxy groups -OCH3 is 1. The van der Waals surface area contributed by atoms with Crippen LogP contribution in [-0.4, -0.2) is 17.3 Å². The van der Waals surface area contributed by atoms with Gasteiger partial charge in [0.1, 0.15) is 10.8 Å². The first-order chi connectivity index (χ1) is 11.8. The van der Waals surface area contributed by atoms with Crippen LogP contribution < -0.4 is 10.1 Å². The standard InChI is InChI=1S/C18H21N3O2S/c1-3-5-14-9-16(23-21-14)10-19-11-17-12-20-18(24-17)13-6-4-7-15(8-13)22-2/h4,6-9,12,19H,3,5,10-11H2,1-2H3. The molecule has 0 aliphatic rings. The zero-order valence-electron chi connectivity index (χ0n) is 13.9. The number of thiazole rings is 1. The Morgan fingerprint density at radius 1 is 1.25 bits per heavy atom. The highest BCUT2D eigenvalue weighted by atomic mass is 32.1. The van der Waals surface area contributed by atoms with Gasteiger partial charge in [-0.2, -0.15) is 0 Å². The summed E-state index contributed by atoms with van der Waals surface area (Å²) in [6.45, 7) is 3.56. The highest BCUT2D eigenvalue weighted by molar-refractivity contribution is 7.15. The van der Waals surface area contributed by atoms with Gasteiger partial charge in [0.2, 0.25) is 0 Å². The average Bonchev–Trinajstić information content (AvgIpc) is 3.25. The minimum Gasteiger partial charge on any atom is -0.497 e. The molecule has 0 radical (unpaired) electrons. The fourth-order valence-electron chi connectivity index (χ4n) is 2.40. The van der Waals surface area contributed by atoms with Gasteiger partial charge in [-0.25, -0.2) is 4.98 Å². The Kier molecular flexibility index (Phi) is 5.61. The summed E-state index contributed by atoms with van der Waals surface area (Å²) in [5.74, 6) is 1.71. The van der Waals surface area contributed by atoms with Crippen molar-refractivity contribution in [3.63, 3.8) is 0 Å². The lowest BCUT2D eigenvalue weighted by molar-refractivity contribution is 0.367. The van der Waals surface area contributed by atoms with E-state index in [4.69, 9.17) is 9.26 Å². The molecule has 0 saturated heterocycles. The number of ether oxygens (including phenoxy) is 1. The molecule has 3 rings (SSSR count). The van der Waals surface area contributed by atoms with E-state index >= 15 is 0 Å². The van der Waals surface area contributed by atoms with Crippen LogP contribution in [0.4, 0.5) is 0 Å². The van der Waals surface area contributed by atoms with Crippen molar-refractivity contribution in [1.29, 1.82) is 0 Å². The normalized spacial score (nSPS) is 10.9. The smallest absolute Gasteiger partial charge is 0.150 e. The molecule has 0 bridgehead atoms. The molecule has 2 aromatic heterocycles. The zero-order chi connectivity index (χ0) is 16.8. The molecule has 6 heteroatoms. The molecule has 0 fully saturated rings. The second-order valence-corrected chi connectivity index (χ2v) is 6.62. The maximum absolute atomic E-state index is 5.32. The van der Waals surface area contributed by atoms with E-state index in [-0.39, 0.29) is 0 Å². The summed E-state index contributed by atoms with van der Waals surface area (Å²) in [7, 11) is 1.67. The van der Waals surface area contributed by atoms with E-state index in [0.717, 1.165) is 47.2 Å². The molecule has 5 nitrogen and oxygen atoms in total. The van der Waals surface area contributed by atoms with Crippen molar-refractivity contribution < 1.29 is 9.26 Å². The molecule has 3 aromatic rings. The summed E-state index contributed by atoms with van der Waals surface area (Å²) in [6.07, 6.45) is 3.95. The number of benzene rings is 1. The quantitative estimate of drug-likeness (QED) is 0.668. The number of nitrogens with one attached hydrogen (secondary N) is 1. The number of aryl methyl sites for hydroxylation is 1. The van der Waals surface area contributed by atoms with Crippen LogP contribution in [0, 0.1) is 0 Å². The molecule has 0 atom stereocenters. The van der Waals surface area contributed by atoms with Gasteiger partial charge in [-0.1, -0.05) is 30.6 Å². The van der Waals surface area contributed by atoms with E-state index < -0.39 is 0 Å². The minimum absolute atomic E-state index is 0.670. The van der Waals surface area contributed by atoms with Crippen molar-refractivity contribution in [3.8, 4) is 16.3 Å². The highest BCUT2D eigenvalue weighted by Crippen LogP contribution is 2.27. The second kappa shape index (κ2) is 8.08. The second-order valence-electron chi connectivity index (χ2n) is 5.50. The summed E-state index contributed by atoms with van der Waals surface area (Å²) in [5.41, 5.74) is 2.09. The van der Waals surface area contributed by atoms with Crippen molar-refractivity contribution in [2.75, 3.05) is 7.11 Å². The first kappa shape index (κ1) is 16.7. The molecular formula is C18H21N3O2S. The lowest BCUT2D eigenvalue weighted by Crippen LogP contribution is -2.11. The van der Waals surface area contributed by atoms with Gasteiger partial charge in [0.05, 0.1) is 19.3 Å². The van der Waals surface area contributed by atoms with Gasteiger partial charge in [-0.05, 0) is 18.6 Å². The van der Waals surface area contributed by atoms with E-state index in [9.17, 15) is 0 Å². The Hall–Kier alpha value is -2.18. The SMILES string of the molecule is CCCc1cc(CNCc2cnc(-c3cccc(OC)c3)s2)on1. The van der Waals surface area contributed by atoms with Crippen LogP contribution in [0.2, 0.25) is 0 Å². The molecule has 0 saturated carbocycles. The molecular weight excluding hydrogens is 322 g/mol. The van der Waals surface area contributed by atoms with Gasteiger partial charge in [0.25, 0.3) is 0 Å². The van der Waals surface area contributed by atoms with E-state index in [1.54, 1.807) is 18.4 Å². The fourth-order valence-corrected chi connectivity index (χ4v) is 3.28. The number of rotatable bonds is 8. The molecule has 0 aliphatic heterocycles. The van der Waals surface area contributed by atoms with Gasteiger partial charge >= 0.3 is 0 Å². The Bertz CT molecular complexity index is 782. The topological polar surface area (TPSA) is 60.2 Å². The monoisotopic (exact) mass is 343 g/mol. The van der Waals surface area contributed by atoms with Crippen molar-refractivity contribution in [2.24, 2.45) is 0 Å². The minimum atomic E-state index is 0.670. The van der Waals surface area contributed by atoms with Crippen molar-refractivity contribution in [3.05, 3.63) is 52.9 Å². The lowest BCUT2D eigenvalue weighted by Gasteiger charge is -2.01. The molecule has 1 N–H and O–H groups in total. The van der Waals surface area contributed by atoms with Crippen LogP contribution >= 0.6 is 11.3 Å². The van der Waals surface area contributed by atoms with Crippen LogP contribution in [0.25, 0.3) is 10.6 Å². The van der Waals surface area contributed by atoms with Crippen LogP contribution in [0.15, 0.2) is 41.1 Å². The molecule has 0 spiro atoms. The van der Waals surface area contributed by atoms with E-state index in [2.05, 4.69) is 22.4 Å². The highest BCUT2D eigenvalue weighted by Gasteiger charge is 2.07. The fraction of sp³-hybridized carbons (Fsp3) is 0.333. The van der Waals surface area contributed by atoms with Gasteiger partial charge < -0.3 is 14.6 Å². The predicted octanol–water partition coefficient (Wildman–Crippen LogP) is 4.05. The van der Waals surface area contributed by atoms with Crippen LogP contribution in [-0.2, 0) is 19.5 Å². The molecule has 24 heavy (non-hydrogen) atoms. The van der Waals surface area contributed by atoms with Crippen LogP contribution in [0.3, 0.4) is 0 Å². The predicted molar refractivity (Wildman–Crippen MR) is 95.1 cm³/mol. The summed E-state index contributed by atoms with van der Waals surface area (Å²) >= 11 is 1.68. The van der Waals surface area contributed by atoms with Gasteiger partial charge in [-0.3, -0.25) is 0 Å². The van der Waals surface area contributed by atoms with Gasteiger partial charge in [-0.15, -0.1) is 11.3 Å². The largest absolute Gasteiger partial charge is 0.497 e.